The number of nitrogens with two attached hydrogens (primary N) is 1. The number of hydrogen-bond donors (Lipinski definition) is 1. The van der Waals surface area contributed by atoms with Gasteiger partial charge in [0.05, 0.1) is 0 Å². The molecule has 0 amide bonds. The first kappa shape index (κ1) is 13.1. The number of rotatable bonds is 7. The Balaban J connectivity index is 3.84. The predicted octanol–water partition coefficient (Wildman–Crippen LogP) is 1.87. The second-order valence-corrected chi connectivity index (χ2v) is 7.44. The number of hydrogen-bond acceptors (Lipinski definition) is 3. The molecular formula is C9H23NO2Si. The Labute approximate surface area is 82.9 Å². The largest absolute Gasteiger partial charge is 0.398 e. The van der Waals surface area contributed by atoms with E-state index in [2.05, 4.69) is 13.5 Å². The quantitative estimate of drug-likeness (QED) is 0.510. The monoisotopic (exact) mass is 205 g/mol. The van der Waals surface area contributed by atoms with Crippen molar-refractivity contribution in [2.75, 3.05) is 20.8 Å². The van der Waals surface area contributed by atoms with E-state index < -0.39 is 8.56 Å². The van der Waals surface area contributed by atoms with Gasteiger partial charge >= 0.3 is 8.56 Å². The molecular weight excluding hydrogens is 182 g/mol. The maximum atomic E-state index is 5.46. The molecule has 0 rings (SSSR count). The van der Waals surface area contributed by atoms with Gasteiger partial charge in [0.15, 0.2) is 0 Å². The molecule has 1 atom stereocenters. The molecule has 4 heteroatoms. The van der Waals surface area contributed by atoms with Gasteiger partial charge in [0, 0.05) is 14.2 Å². The van der Waals surface area contributed by atoms with Crippen molar-refractivity contribution in [1.29, 1.82) is 0 Å². The summed E-state index contributed by atoms with van der Waals surface area (Å²) in [4.78, 5) is 0. The zero-order valence-corrected chi connectivity index (χ0v) is 10.3. The van der Waals surface area contributed by atoms with Crippen LogP contribution in [0.3, 0.4) is 0 Å². The van der Waals surface area contributed by atoms with Crippen molar-refractivity contribution in [3.63, 3.8) is 0 Å². The van der Waals surface area contributed by atoms with Crippen molar-refractivity contribution in [2.24, 2.45) is 5.73 Å². The Hall–Kier alpha value is 0.0969. The average molecular weight is 205 g/mol. The highest BCUT2D eigenvalue weighted by molar-refractivity contribution is 6.67. The molecule has 0 bridgehead atoms. The Morgan fingerprint density at radius 2 is 1.77 bits per heavy atom. The van der Waals surface area contributed by atoms with Crippen molar-refractivity contribution >= 4 is 8.56 Å². The lowest BCUT2D eigenvalue weighted by Gasteiger charge is -2.29. The summed E-state index contributed by atoms with van der Waals surface area (Å²) in [6, 6.07) is 0. The summed E-state index contributed by atoms with van der Waals surface area (Å²) < 4.78 is 10.9. The normalized spacial score (nSPS) is 14.5. The molecule has 80 valence electrons. The Kier molecular flexibility index (Phi) is 6.58. The molecule has 0 saturated carbocycles. The van der Waals surface area contributed by atoms with Crippen LogP contribution in [0, 0.1) is 0 Å². The Bertz CT molecular complexity index is 129. The predicted molar refractivity (Wildman–Crippen MR) is 58.0 cm³/mol. The fourth-order valence-electron chi connectivity index (χ4n) is 1.34. The highest BCUT2D eigenvalue weighted by atomic mass is 28.4. The van der Waals surface area contributed by atoms with E-state index in [0.29, 0.717) is 5.54 Å². The van der Waals surface area contributed by atoms with E-state index in [-0.39, 0.29) is 0 Å². The van der Waals surface area contributed by atoms with Crippen LogP contribution in [0.5, 0.6) is 0 Å². The van der Waals surface area contributed by atoms with Crippen LogP contribution in [0.25, 0.3) is 0 Å². The first-order valence-corrected chi connectivity index (χ1v) is 7.30. The van der Waals surface area contributed by atoms with Crippen LogP contribution in [0.1, 0.15) is 26.2 Å². The topological polar surface area (TPSA) is 44.5 Å². The third-order valence-corrected chi connectivity index (χ3v) is 6.50. The van der Waals surface area contributed by atoms with Gasteiger partial charge in [-0.25, -0.2) is 0 Å². The maximum Gasteiger partial charge on any atom is 0.337 e. The summed E-state index contributed by atoms with van der Waals surface area (Å²) in [7, 11) is 1.60. The smallest absolute Gasteiger partial charge is 0.337 e. The highest BCUT2D eigenvalue weighted by Gasteiger charge is 2.35. The number of unbranched alkanes of at least 4 members (excludes halogenated alkanes) is 1. The van der Waals surface area contributed by atoms with Gasteiger partial charge < -0.3 is 14.6 Å². The van der Waals surface area contributed by atoms with Gasteiger partial charge in [-0.1, -0.05) is 13.3 Å². The van der Waals surface area contributed by atoms with Gasteiger partial charge in [0.25, 0.3) is 0 Å². The zero-order valence-electron chi connectivity index (χ0n) is 9.30. The van der Waals surface area contributed by atoms with Crippen LogP contribution in [0.4, 0.5) is 0 Å². The molecule has 1 unspecified atom stereocenters. The summed E-state index contributed by atoms with van der Waals surface area (Å²) in [5, 5.41) is 0. The van der Waals surface area contributed by atoms with Gasteiger partial charge in [0.2, 0.25) is 0 Å². The van der Waals surface area contributed by atoms with E-state index in [1.54, 1.807) is 14.2 Å². The molecule has 0 aliphatic rings. The third kappa shape index (κ3) is 4.22. The minimum Gasteiger partial charge on any atom is -0.398 e. The molecule has 2 N–H and O–H groups in total. The summed E-state index contributed by atoms with van der Waals surface area (Å²) in [6.07, 6.45) is 3.43. The summed E-state index contributed by atoms with van der Waals surface area (Å²) in [5.41, 5.74) is 5.97. The summed E-state index contributed by atoms with van der Waals surface area (Å²) in [5.74, 6) is 0. The van der Waals surface area contributed by atoms with Crippen LogP contribution in [0.2, 0.25) is 12.1 Å². The van der Waals surface area contributed by atoms with Gasteiger partial charge in [0.1, 0.15) is 0 Å². The molecule has 13 heavy (non-hydrogen) atoms. The lowest BCUT2D eigenvalue weighted by atomic mass is 10.2. The molecule has 0 heterocycles. The van der Waals surface area contributed by atoms with E-state index in [4.69, 9.17) is 14.6 Å². The van der Waals surface area contributed by atoms with E-state index in [9.17, 15) is 0 Å². The van der Waals surface area contributed by atoms with Crippen molar-refractivity contribution < 1.29 is 8.85 Å². The van der Waals surface area contributed by atoms with E-state index in [1.807, 2.05) is 0 Å². The second kappa shape index (κ2) is 6.54. The van der Waals surface area contributed by atoms with Gasteiger partial charge in [-0.05, 0) is 31.5 Å². The summed E-state index contributed by atoms with van der Waals surface area (Å²) in [6.45, 7) is 5.10. The van der Waals surface area contributed by atoms with Crippen LogP contribution in [-0.4, -0.2) is 29.3 Å². The van der Waals surface area contributed by atoms with Crippen LogP contribution in [-0.2, 0) is 8.85 Å². The zero-order chi connectivity index (χ0) is 10.3. The lowest BCUT2D eigenvalue weighted by molar-refractivity contribution is 0.235. The molecule has 0 aromatic rings. The molecule has 0 aliphatic carbocycles. The summed E-state index contributed by atoms with van der Waals surface area (Å²) >= 11 is 0. The first-order chi connectivity index (χ1) is 6.10. The van der Waals surface area contributed by atoms with Gasteiger partial charge in [-0.2, -0.15) is 0 Å². The minimum absolute atomic E-state index is 0.536. The Morgan fingerprint density at radius 3 is 2.15 bits per heavy atom. The Morgan fingerprint density at radius 1 is 1.23 bits per heavy atom. The van der Waals surface area contributed by atoms with Crippen molar-refractivity contribution in [2.45, 2.75) is 38.3 Å². The molecule has 3 nitrogen and oxygen atoms in total. The van der Waals surface area contributed by atoms with Crippen LogP contribution in [0.15, 0.2) is 0 Å². The molecule has 0 aliphatic heterocycles. The molecule has 0 fully saturated rings. The van der Waals surface area contributed by atoms with Crippen molar-refractivity contribution in [1.82, 2.24) is 0 Å². The second-order valence-electron chi connectivity index (χ2n) is 3.61. The van der Waals surface area contributed by atoms with Crippen molar-refractivity contribution in [3.8, 4) is 0 Å². The van der Waals surface area contributed by atoms with E-state index in [1.165, 1.54) is 6.42 Å². The molecule has 0 aromatic carbocycles. The first-order valence-electron chi connectivity index (χ1n) is 4.91. The SMILES string of the molecule is CO[Si](C)(OC)C(C)CCCCN. The lowest BCUT2D eigenvalue weighted by Crippen LogP contribution is -2.40. The molecule has 0 saturated heterocycles. The molecule has 0 radical (unpaired) electrons. The van der Waals surface area contributed by atoms with Crippen LogP contribution < -0.4 is 5.73 Å². The van der Waals surface area contributed by atoms with E-state index >= 15 is 0 Å². The fourth-order valence-corrected chi connectivity index (χ4v) is 3.04. The van der Waals surface area contributed by atoms with Gasteiger partial charge in [-0.15, -0.1) is 0 Å². The third-order valence-electron chi connectivity index (χ3n) is 2.80. The van der Waals surface area contributed by atoms with Gasteiger partial charge in [-0.3, -0.25) is 0 Å². The van der Waals surface area contributed by atoms with Crippen LogP contribution >= 0.6 is 0 Å². The van der Waals surface area contributed by atoms with Crippen molar-refractivity contribution in [3.05, 3.63) is 0 Å². The average Bonchev–Trinajstić information content (AvgIpc) is 2.17. The van der Waals surface area contributed by atoms with E-state index in [0.717, 1.165) is 19.4 Å². The fraction of sp³-hybridized carbons (Fsp3) is 1.00. The maximum absolute atomic E-state index is 5.46. The highest BCUT2D eigenvalue weighted by Crippen LogP contribution is 2.27. The molecule has 0 spiro atoms. The molecule has 0 aromatic heterocycles. The standard InChI is InChI=1S/C9H23NO2Si/c1-9(7-5-6-8-10)13(4,11-2)12-3/h9H,5-8,10H2,1-4H3. The minimum atomic E-state index is -1.89.